The molecule has 0 aliphatic heterocycles. The maximum Gasteiger partial charge on any atom is 0.239 e. The Balaban J connectivity index is 1.68. The highest BCUT2D eigenvalue weighted by atomic mass is 16.2. The first-order valence-electron chi connectivity index (χ1n) is 9.28. The molecule has 0 radical (unpaired) electrons. The van der Waals surface area contributed by atoms with E-state index in [1.54, 1.807) is 0 Å². The van der Waals surface area contributed by atoms with Crippen molar-refractivity contribution in [1.29, 1.82) is 0 Å². The van der Waals surface area contributed by atoms with Crippen LogP contribution in [0.5, 0.6) is 0 Å². The number of anilines is 1. The topological polar surface area (TPSA) is 32.3 Å². The lowest BCUT2D eigenvalue weighted by Crippen LogP contribution is -2.36. The van der Waals surface area contributed by atoms with Crippen molar-refractivity contribution in [3.63, 3.8) is 0 Å². The van der Waals surface area contributed by atoms with E-state index in [1.165, 1.54) is 16.7 Å². The predicted octanol–water partition coefficient (Wildman–Crippen LogP) is 4.63. The molecule has 0 fully saturated rings. The van der Waals surface area contributed by atoms with Crippen molar-refractivity contribution in [3.8, 4) is 0 Å². The van der Waals surface area contributed by atoms with E-state index in [-0.39, 0.29) is 5.91 Å². The van der Waals surface area contributed by atoms with Crippen molar-refractivity contribution in [1.82, 2.24) is 5.32 Å². The fourth-order valence-electron chi connectivity index (χ4n) is 3.00. The number of carbonyl (C=O) groups is 1. The third-order valence-corrected chi connectivity index (χ3v) is 4.53. The molecule has 138 valence electrons. The van der Waals surface area contributed by atoms with Gasteiger partial charge in [-0.3, -0.25) is 4.79 Å². The van der Waals surface area contributed by atoms with Gasteiger partial charge < -0.3 is 10.2 Å². The van der Waals surface area contributed by atoms with Gasteiger partial charge in [0, 0.05) is 18.8 Å². The van der Waals surface area contributed by atoms with E-state index in [0.29, 0.717) is 19.6 Å². The fraction of sp³-hybridized carbons (Fsp3) is 0.208. The Morgan fingerprint density at radius 2 is 1.56 bits per heavy atom. The lowest BCUT2D eigenvalue weighted by atomic mass is 10.1. The smallest absolute Gasteiger partial charge is 0.239 e. The molecule has 3 aromatic carbocycles. The van der Waals surface area contributed by atoms with Crippen LogP contribution in [0.4, 0.5) is 5.69 Å². The fourth-order valence-corrected chi connectivity index (χ4v) is 3.00. The summed E-state index contributed by atoms with van der Waals surface area (Å²) in [4.78, 5) is 14.7. The van der Waals surface area contributed by atoms with Crippen molar-refractivity contribution in [2.24, 2.45) is 0 Å². The van der Waals surface area contributed by atoms with Crippen LogP contribution in [0.1, 0.15) is 22.3 Å². The van der Waals surface area contributed by atoms with Crippen molar-refractivity contribution < 1.29 is 4.79 Å². The normalized spacial score (nSPS) is 10.4. The van der Waals surface area contributed by atoms with Gasteiger partial charge in [-0.05, 0) is 42.7 Å². The molecule has 0 unspecified atom stereocenters. The number of nitrogens with one attached hydrogen (secondary N) is 1. The number of hydrogen-bond acceptors (Lipinski definition) is 2. The Morgan fingerprint density at radius 3 is 2.26 bits per heavy atom. The maximum atomic E-state index is 12.6. The van der Waals surface area contributed by atoms with Crippen LogP contribution in [0, 0.1) is 13.8 Å². The number of nitrogens with zero attached hydrogens (tertiary/aromatic N) is 1. The van der Waals surface area contributed by atoms with Gasteiger partial charge >= 0.3 is 0 Å². The van der Waals surface area contributed by atoms with Crippen LogP contribution in [-0.2, 0) is 17.9 Å². The second-order valence-corrected chi connectivity index (χ2v) is 6.94. The molecule has 3 nitrogen and oxygen atoms in total. The summed E-state index contributed by atoms with van der Waals surface area (Å²) in [6.45, 7) is 5.70. The minimum atomic E-state index is 0.0213. The molecule has 0 spiro atoms. The monoisotopic (exact) mass is 358 g/mol. The summed E-state index contributed by atoms with van der Waals surface area (Å²) in [6, 6.07) is 26.8. The zero-order valence-corrected chi connectivity index (χ0v) is 16.0. The molecule has 3 aromatic rings. The number of rotatable bonds is 7. The van der Waals surface area contributed by atoms with Crippen molar-refractivity contribution >= 4 is 11.6 Å². The second-order valence-electron chi connectivity index (χ2n) is 6.94. The van der Waals surface area contributed by atoms with E-state index in [2.05, 4.69) is 78.7 Å². The first-order valence-corrected chi connectivity index (χ1v) is 9.28. The Morgan fingerprint density at radius 1 is 0.815 bits per heavy atom. The third kappa shape index (κ3) is 5.71. The standard InChI is InChI=1S/C24H26N2O/c1-19-11-13-21(14-12-19)16-25-24(27)18-26(17-22-8-4-3-5-9-22)23-10-6-7-20(2)15-23/h3-15H,16-18H2,1-2H3,(H,25,27). The summed E-state index contributed by atoms with van der Waals surface area (Å²) in [5.41, 5.74) is 5.76. The van der Waals surface area contributed by atoms with Gasteiger partial charge in [0.2, 0.25) is 5.91 Å². The zero-order valence-electron chi connectivity index (χ0n) is 16.0. The van der Waals surface area contributed by atoms with Gasteiger partial charge in [-0.1, -0.05) is 72.3 Å². The Bertz CT molecular complexity index is 872. The Labute approximate surface area is 161 Å². The van der Waals surface area contributed by atoms with Gasteiger partial charge in [-0.2, -0.15) is 0 Å². The molecule has 0 saturated heterocycles. The summed E-state index contributed by atoms with van der Waals surface area (Å²) in [5, 5.41) is 3.04. The summed E-state index contributed by atoms with van der Waals surface area (Å²) >= 11 is 0. The molecular weight excluding hydrogens is 332 g/mol. The highest BCUT2D eigenvalue weighted by Gasteiger charge is 2.12. The van der Waals surface area contributed by atoms with Gasteiger partial charge in [-0.15, -0.1) is 0 Å². The molecule has 0 bridgehead atoms. The van der Waals surface area contributed by atoms with E-state index in [0.717, 1.165) is 11.3 Å². The third-order valence-electron chi connectivity index (χ3n) is 4.53. The van der Waals surface area contributed by atoms with Crippen LogP contribution in [0.25, 0.3) is 0 Å². The average Bonchev–Trinajstić information content (AvgIpc) is 2.68. The quantitative estimate of drug-likeness (QED) is 0.668. The first-order chi connectivity index (χ1) is 13.1. The van der Waals surface area contributed by atoms with Crippen LogP contribution >= 0.6 is 0 Å². The molecule has 0 heterocycles. The minimum absolute atomic E-state index is 0.0213. The van der Waals surface area contributed by atoms with Gasteiger partial charge in [0.15, 0.2) is 0 Å². The van der Waals surface area contributed by atoms with Gasteiger partial charge in [0.1, 0.15) is 0 Å². The second kappa shape index (κ2) is 9.04. The van der Waals surface area contributed by atoms with E-state index in [4.69, 9.17) is 0 Å². The van der Waals surface area contributed by atoms with Crippen LogP contribution < -0.4 is 10.2 Å². The average molecular weight is 358 g/mol. The lowest BCUT2D eigenvalue weighted by molar-refractivity contribution is -0.119. The highest BCUT2D eigenvalue weighted by Crippen LogP contribution is 2.18. The van der Waals surface area contributed by atoms with E-state index in [9.17, 15) is 4.79 Å². The van der Waals surface area contributed by atoms with E-state index < -0.39 is 0 Å². The number of carbonyl (C=O) groups excluding carboxylic acids is 1. The maximum absolute atomic E-state index is 12.6. The minimum Gasteiger partial charge on any atom is -0.358 e. The SMILES string of the molecule is Cc1ccc(CNC(=O)CN(Cc2ccccc2)c2cccc(C)c2)cc1. The molecule has 3 heteroatoms. The van der Waals surface area contributed by atoms with Gasteiger partial charge in [0.05, 0.1) is 6.54 Å². The van der Waals surface area contributed by atoms with E-state index in [1.807, 2.05) is 24.3 Å². The van der Waals surface area contributed by atoms with Gasteiger partial charge in [-0.25, -0.2) is 0 Å². The zero-order chi connectivity index (χ0) is 19.1. The van der Waals surface area contributed by atoms with E-state index >= 15 is 0 Å². The number of hydrogen-bond donors (Lipinski definition) is 1. The molecule has 0 aromatic heterocycles. The molecule has 27 heavy (non-hydrogen) atoms. The van der Waals surface area contributed by atoms with Crippen LogP contribution in [0.3, 0.4) is 0 Å². The molecule has 0 aliphatic carbocycles. The summed E-state index contributed by atoms with van der Waals surface area (Å²) in [7, 11) is 0. The largest absolute Gasteiger partial charge is 0.358 e. The van der Waals surface area contributed by atoms with Crippen LogP contribution in [0.15, 0.2) is 78.9 Å². The van der Waals surface area contributed by atoms with Crippen molar-refractivity contribution in [2.45, 2.75) is 26.9 Å². The number of aryl methyl sites for hydroxylation is 2. The number of benzene rings is 3. The first kappa shape index (κ1) is 18.7. The molecule has 1 N–H and O–H groups in total. The molecule has 0 saturated carbocycles. The molecular formula is C24H26N2O. The predicted molar refractivity (Wildman–Crippen MR) is 112 cm³/mol. The molecule has 1 amide bonds. The Hall–Kier alpha value is -3.07. The lowest BCUT2D eigenvalue weighted by Gasteiger charge is -2.25. The molecule has 0 aliphatic rings. The van der Waals surface area contributed by atoms with Crippen molar-refractivity contribution in [3.05, 3.63) is 101 Å². The van der Waals surface area contributed by atoms with Crippen LogP contribution in [-0.4, -0.2) is 12.5 Å². The summed E-state index contributed by atoms with van der Waals surface area (Å²) in [6.07, 6.45) is 0. The van der Waals surface area contributed by atoms with Crippen molar-refractivity contribution in [2.75, 3.05) is 11.4 Å². The summed E-state index contributed by atoms with van der Waals surface area (Å²) < 4.78 is 0. The Kier molecular flexibility index (Phi) is 6.26. The highest BCUT2D eigenvalue weighted by molar-refractivity contribution is 5.81. The molecule has 3 rings (SSSR count). The molecule has 0 atom stereocenters. The van der Waals surface area contributed by atoms with Crippen LogP contribution in [0.2, 0.25) is 0 Å². The number of amides is 1. The summed E-state index contributed by atoms with van der Waals surface area (Å²) in [5.74, 6) is 0.0213. The van der Waals surface area contributed by atoms with Gasteiger partial charge in [0.25, 0.3) is 0 Å².